The van der Waals surface area contributed by atoms with E-state index in [2.05, 4.69) is 21.2 Å². The van der Waals surface area contributed by atoms with Crippen molar-refractivity contribution in [3.63, 3.8) is 0 Å². The van der Waals surface area contributed by atoms with E-state index in [0.29, 0.717) is 18.0 Å². The van der Waals surface area contributed by atoms with Gasteiger partial charge in [-0.1, -0.05) is 15.9 Å². The van der Waals surface area contributed by atoms with Gasteiger partial charge in [-0.05, 0) is 25.1 Å². The lowest BCUT2D eigenvalue weighted by Crippen LogP contribution is -2.45. The highest BCUT2D eigenvalue weighted by Gasteiger charge is 2.27. The quantitative estimate of drug-likeness (QED) is 0.745. The number of carbonyl (C=O) groups is 3. The summed E-state index contributed by atoms with van der Waals surface area (Å²) in [5, 5.41) is 2.60. The third kappa shape index (κ3) is 4.69. The van der Waals surface area contributed by atoms with E-state index in [0.717, 1.165) is 4.47 Å². The number of nitrogens with zero attached hydrogens (tertiary/aromatic N) is 1. The fourth-order valence-electron chi connectivity index (χ4n) is 2.09. The van der Waals surface area contributed by atoms with Gasteiger partial charge in [-0.15, -0.1) is 0 Å². The minimum absolute atomic E-state index is 0.0974. The van der Waals surface area contributed by atoms with Gasteiger partial charge in [0.25, 0.3) is 5.91 Å². The van der Waals surface area contributed by atoms with Gasteiger partial charge in [-0.3, -0.25) is 19.3 Å². The maximum Gasteiger partial charge on any atom is 0.307 e. The monoisotopic (exact) mass is 384 g/mol. The number of benzene rings is 1. The second-order valence-corrected chi connectivity index (χ2v) is 5.70. The van der Waals surface area contributed by atoms with E-state index in [1.165, 1.54) is 4.90 Å². The smallest absolute Gasteiger partial charge is 0.307 e. The van der Waals surface area contributed by atoms with Crippen LogP contribution in [-0.2, 0) is 19.1 Å². The minimum atomic E-state index is -0.370. The van der Waals surface area contributed by atoms with Gasteiger partial charge in [0, 0.05) is 11.0 Å². The first kappa shape index (κ1) is 17.3. The molecule has 0 bridgehead atoms. The van der Waals surface area contributed by atoms with Crippen LogP contribution in [0.2, 0.25) is 0 Å². The van der Waals surface area contributed by atoms with Crippen LogP contribution in [-0.4, -0.2) is 44.1 Å². The van der Waals surface area contributed by atoms with E-state index in [1.807, 2.05) is 0 Å². The van der Waals surface area contributed by atoms with Crippen molar-refractivity contribution in [3.05, 3.63) is 22.7 Å². The fourth-order valence-corrected chi connectivity index (χ4v) is 2.43. The lowest BCUT2D eigenvalue weighted by atomic mass is 10.2. The Morgan fingerprint density at radius 1 is 1.43 bits per heavy atom. The molecule has 0 aromatic heterocycles. The Hall–Kier alpha value is -2.09. The van der Waals surface area contributed by atoms with Crippen LogP contribution in [0.15, 0.2) is 22.7 Å². The summed E-state index contributed by atoms with van der Waals surface area (Å²) in [4.78, 5) is 36.5. The fraction of sp³-hybridized carbons (Fsp3) is 0.400. The van der Waals surface area contributed by atoms with E-state index in [9.17, 15) is 14.4 Å². The number of anilines is 1. The SMILES string of the molecule is CCOC(=O)CCNC(=O)CN1C(=O)COc2cc(Br)ccc21. The molecule has 2 rings (SSSR count). The zero-order chi connectivity index (χ0) is 16.8. The molecule has 1 aromatic rings. The Morgan fingerprint density at radius 2 is 2.22 bits per heavy atom. The molecule has 1 aromatic carbocycles. The molecule has 8 heteroatoms. The zero-order valence-corrected chi connectivity index (χ0v) is 14.2. The first-order valence-corrected chi connectivity index (χ1v) is 7.95. The zero-order valence-electron chi connectivity index (χ0n) is 12.6. The summed E-state index contributed by atoms with van der Waals surface area (Å²) in [6.07, 6.45) is 0.0974. The Morgan fingerprint density at radius 3 is 2.96 bits per heavy atom. The van der Waals surface area contributed by atoms with Gasteiger partial charge in [0.15, 0.2) is 6.61 Å². The number of carbonyl (C=O) groups excluding carboxylic acids is 3. The number of rotatable bonds is 6. The Bertz CT molecular complexity index is 620. The van der Waals surface area contributed by atoms with Gasteiger partial charge in [-0.2, -0.15) is 0 Å². The maximum atomic E-state index is 12.0. The standard InChI is InChI=1S/C15H17BrN2O5/c1-2-22-15(21)5-6-17-13(19)8-18-11-4-3-10(16)7-12(11)23-9-14(18)20/h3-4,7H,2,5-6,8-9H2,1H3,(H,17,19). The highest BCUT2D eigenvalue weighted by atomic mass is 79.9. The van der Waals surface area contributed by atoms with E-state index < -0.39 is 0 Å². The first-order chi connectivity index (χ1) is 11.0. The number of fused-ring (bicyclic) bond motifs is 1. The molecular weight excluding hydrogens is 368 g/mol. The second-order valence-electron chi connectivity index (χ2n) is 4.79. The molecule has 0 saturated heterocycles. The number of nitrogens with one attached hydrogen (secondary N) is 1. The van der Waals surface area contributed by atoms with Crippen LogP contribution in [0, 0.1) is 0 Å². The number of amides is 2. The van der Waals surface area contributed by atoms with Crippen molar-refractivity contribution in [2.45, 2.75) is 13.3 Å². The van der Waals surface area contributed by atoms with Crippen LogP contribution in [0.3, 0.4) is 0 Å². The number of hydrogen-bond acceptors (Lipinski definition) is 5. The molecule has 0 saturated carbocycles. The minimum Gasteiger partial charge on any atom is -0.482 e. The molecule has 7 nitrogen and oxygen atoms in total. The average Bonchev–Trinajstić information content (AvgIpc) is 2.50. The summed E-state index contributed by atoms with van der Waals surface area (Å²) < 4.78 is 10.9. The molecule has 0 radical (unpaired) electrons. The van der Waals surface area contributed by atoms with Crippen molar-refractivity contribution in [1.29, 1.82) is 0 Å². The molecule has 1 aliphatic rings. The van der Waals surface area contributed by atoms with Crippen molar-refractivity contribution in [2.24, 2.45) is 0 Å². The molecule has 0 aliphatic carbocycles. The van der Waals surface area contributed by atoms with E-state index in [4.69, 9.17) is 9.47 Å². The Kier molecular flexibility index (Phi) is 5.97. The third-order valence-electron chi connectivity index (χ3n) is 3.12. The number of esters is 1. The van der Waals surface area contributed by atoms with Gasteiger partial charge in [0.2, 0.25) is 5.91 Å². The van der Waals surface area contributed by atoms with E-state index in [1.54, 1.807) is 25.1 Å². The molecule has 0 fully saturated rings. The molecule has 0 spiro atoms. The lowest BCUT2D eigenvalue weighted by Gasteiger charge is -2.28. The van der Waals surface area contributed by atoms with Crippen LogP contribution in [0.1, 0.15) is 13.3 Å². The molecule has 23 heavy (non-hydrogen) atoms. The molecular formula is C15H17BrN2O5. The predicted molar refractivity (Wildman–Crippen MR) is 86.2 cm³/mol. The van der Waals surface area contributed by atoms with Crippen LogP contribution in [0.4, 0.5) is 5.69 Å². The summed E-state index contributed by atoms with van der Waals surface area (Å²) in [5.74, 6) is -0.470. The van der Waals surface area contributed by atoms with Crippen LogP contribution in [0.25, 0.3) is 0 Å². The van der Waals surface area contributed by atoms with Crippen molar-refractivity contribution in [2.75, 3.05) is 31.2 Å². The van der Waals surface area contributed by atoms with Crippen molar-refractivity contribution >= 4 is 39.4 Å². The Labute approximate surface area is 142 Å². The Balaban J connectivity index is 1.93. The molecule has 1 N–H and O–H groups in total. The number of hydrogen-bond donors (Lipinski definition) is 1. The van der Waals surface area contributed by atoms with Crippen LogP contribution >= 0.6 is 15.9 Å². The van der Waals surface area contributed by atoms with E-state index >= 15 is 0 Å². The lowest BCUT2D eigenvalue weighted by molar-refractivity contribution is -0.143. The van der Waals surface area contributed by atoms with E-state index in [-0.39, 0.29) is 43.9 Å². The summed E-state index contributed by atoms with van der Waals surface area (Å²) >= 11 is 3.33. The average molecular weight is 385 g/mol. The van der Waals surface area contributed by atoms with Gasteiger partial charge in [0.1, 0.15) is 12.3 Å². The van der Waals surface area contributed by atoms with Crippen molar-refractivity contribution < 1.29 is 23.9 Å². The maximum absolute atomic E-state index is 12.0. The second kappa shape index (κ2) is 7.96. The molecule has 0 unspecified atom stereocenters. The van der Waals surface area contributed by atoms with Gasteiger partial charge in [0.05, 0.1) is 18.7 Å². The molecule has 1 aliphatic heterocycles. The molecule has 2 amide bonds. The molecule has 0 atom stereocenters. The normalized spacial score (nSPS) is 13.1. The first-order valence-electron chi connectivity index (χ1n) is 7.16. The number of ether oxygens (including phenoxy) is 2. The largest absolute Gasteiger partial charge is 0.482 e. The molecule has 124 valence electrons. The van der Waals surface area contributed by atoms with Crippen LogP contribution < -0.4 is 15.0 Å². The van der Waals surface area contributed by atoms with Crippen LogP contribution in [0.5, 0.6) is 5.75 Å². The van der Waals surface area contributed by atoms with Crippen molar-refractivity contribution in [1.82, 2.24) is 5.32 Å². The summed E-state index contributed by atoms with van der Waals surface area (Å²) in [7, 11) is 0. The predicted octanol–water partition coefficient (Wildman–Crippen LogP) is 1.24. The van der Waals surface area contributed by atoms with Gasteiger partial charge in [-0.25, -0.2) is 0 Å². The topological polar surface area (TPSA) is 84.9 Å². The summed E-state index contributed by atoms with van der Waals surface area (Å²) in [6.45, 7) is 1.96. The summed E-state index contributed by atoms with van der Waals surface area (Å²) in [6, 6.07) is 5.22. The van der Waals surface area contributed by atoms with Gasteiger partial charge >= 0.3 is 5.97 Å². The highest BCUT2D eigenvalue weighted by molar-refractivity contribution is 9.10. The number of halogens is 1. The third-order valence-corrected chi connectivity index (χ3v) is 3.62. The van der Waals surface area contributed by atoms with Crippen molar-refractivity contribution in [3.8, 4) is 5.75 Å². The summed E-state index contributed by atoms with van der Waals surface area (Å²) in [5.41, 5.74) is 0.546. The van der Waals surface area contributed by atoms with Gasteiger partial charge < -0.3 is 14.8 Å². The highest BCUT2D eigenvalue weighted by Crippen LogP contribution is 2.34. The molecule has 1 heterocycles.